The largest absolute Gasteiger partial charge is 0.457 e. The summed E-state index contributed by atoms with van der Waals surface area (Å²) in [6.45, 7) is 9.08. The summed E-state index contributed by atoms with van der Waals surface area (Å²) in [7, 11) is 0. The van der Waals surface area contributed by atoms with Crippen LogP contribution in [-0.2, 0) is 6.54 Å². The van der Waals surface area contributed by atoms with Crippen LogP contribution in [0.15, 0.2) is 36.4 Å². The van der Waals surface area contributed by atoms with Crippen molar-refractivity contribution < 1.29 is 4.74 Å². The molecule has 0 radical (unpaired) electrons. The number of rotatable bonds is 4. The van der Waals surface area contributed by atoms with Crippen molar-refractivity contribution in [1.29, 1.82) is 0 Å². The molecular formula is C18H23NO. The Hall–Kier alpha value is -1.80. The van der Waals surface area contributed by atoms with Gasteiger partial charge in [-0.2, -0.15) is 0 Å². The molecule has 0 saturated heterocycles. The van der Waals surface area contributed by atoms with Gasteiger partial charge in [0.05, 0.1) is 0 Å². The Kier molecular flexibility index (Phi) is 4.46. The van der Waals surface area contributed by atoms with E-state index in [1.807, 2.05) is 18.2 Å². The minimum atomic E-state index is 0.485. The third-order valence-corrected chi connectivity index (χ3v) is 3.53. The third kappa shape index (κ3) is 3.20. The molecule has 106 valence electrons. The SMILES string of the molecule is Cc1ccc(CN)c(Oc2ccc(C(C)C)c(C)c2)c1. The van der Waals surface area contributed by atoms with Crippen molar-refractivity contribution in [3.63, 3.8) is 0 Å². The van der Waals surface area contributed by atoms with Gasteiger partial charge in [-0.1, -0.05) is 32.0 Å². The molecule has 0 aromatic heterocycles. The van der Waals surface area contributed by atoms with Crippen molar-refractivity contribution >= 4 is 0 Å². The van der Waals surface area contributed by atoms with E-state index in [0.717, 1.165) is 17.1 Å². The van der Waals surface area contributed by atoms with Crippen molar-refractivity contribution in [2.45, 2.75) is 40.2 Å². The lowest BCUT2D eigenvalue weighted by molar-refractivity contribution is 0.475. The molecule has 0 heterocycles. The molecule has 0 aliphatic heterocycles. The monoisotopic (exact) mass is 269 g/mol. The highest BCUT2D eigenvalue weighted by atomic mass is 16.5. The number of ether oxygens (including phenoxy) is 1. The van der Waals surface area contributed by atoms with E-state index in [0.29, 0.717) is 12.5 Å². The highest BCUT2D eigenvalue weighted by Gasteiger charge is 2.07. The van der Waals surface area contributed by atoms with Gasteiger partial charge in [-0.25, -0.2) is 0 Å². The van der Waals surface area contributed by atoms with Gasteiger partial charge in [0.1, 0.15) is 11.5 Å². The maximum Gasteiger partial charge on any atom is 0.132 e. The fourth-order valence-electron chi connectivity index (χ4n) is 2.41. The maximum atomic E-state index is 6.02. The smallest absolute Gasteiger partial charge is 0.132 e. The Labute approximate surface area is 121 Å². The lowest BCUT2D eigenvalue weighted by Gasteiger charge is -2.14. The summed E-state index contributed by atoms with van der Waals surface area (Å²) in [5.74, 6) is 2.25. The van der Waals surface area contributed by atoms with Crippen molar-refractivity contribution in [2.75, 3.05) is 0 Å². The van der Waals surface area contributed by atoms with Gasteiger partial charge < -0.3 is 10.5 Å². The molecule has 0 aliphatic carbocycles. The molecule has 0 unspecified atom stereocenters. The number of hydrogen-bond donors (Lipinski definition) is 1. The lowest BCUT2D eigenvalue weighted by atomic mass is 9.98. The average molecular weight is 269 g/mol. The fraction of sp³-hybridized carbons (Fsp3) is 0.333. The quantitative estimate of drug-likeness (QED) is 0.874. The molecule has 0 bridgehead atoms. The average Bonchev–Trinajstić information content (AvgIpc) is 2.38. The van der Waals surface area contributed by atoms with Gasteiger partial charge in [-0.3, -0.25) is 0 Å². The zero-order valence-electron chi connectivity index (χ0n) is 12.7. The van der Waals surface area contributed by atoms with Gasteiger partial charge in [0.2, 0.25) is 0 Å². The lowest BCUT2D eigenvalue weighted by Crippen LogP contribution is -2.00. The molecule has 0 fully saturated rings. The van der Waals surface area contributed by atoms with E-state index >= 15 is 0 Å². The van der Waals surface area contributed by atoms with Gasteiger partial charge >= 0.3 is 0 Å². The van der Waals surface area contributed by atoms with Crippen LogP contribution < -0.4 is 10.5 Å². The van der Waals surface area contributed by atoms with E-state index in [9.17, 15) is 0 Å². The Morgan fingerprint density at radius 3 is 2.40 bits per heavy atom. The summed E-state index contributed by atoms with van der Waals surface area (Å²) in [5.41, 5.74) is 10.6. The van der Waals surface area contributed by atoms with Crippen molar-refractivity contribution in [1.82, 2.24) is 0 Å². The van der Waals surface area contributed by atoms with Crippen molar-refractivity contribution in [2.24, 2.45) is 5.73 Å². The van der Waals surface area contributed by atoms with Gasteiger partial charge in [0.25, 0.3) is 0 Å². The first-order valence-electron chi connectivity index (χ1n) is 7.09. The van der Waals surface area contributed by atoms with E-state index in [-0.39, 0.29) is 0 Å². The predicted octanol–water partition coefficient (Wildman–Crippen LogP) is 4.68. The minimum absolute atomic E-state index is 0.485. The van der Waals surface area contributed by atoms with Crippen LogP contribution in [0.3, 0.4) is 0 Å². The zero-order chi connectivity index (χ0) is 14.7. The topological polar surface area (TPSA) is 35.2 Å². The van der Waals surface area contributed by atoms with E-state index in [1.54, 1.807) is 0 Å². The van der Waals surface area contributed by atoms with E-state index in [2.05, 4.69) is 45.9 Å². The normalized spacial score (nSPS) is 10.9. The summed E-state index contributed by atoms with van der Waals surface area (Å²) in [6.07, 6.45) is 0. The zero-order valence-corrected chi connectivity index (χ0v) is 12.7. The Balaban J connectivity index is 2.31. The predicted molar refractivity (Wildman–Crippen MR) is 84.4 cm³/mol. The van der Waals surface area contributed by atoms with Crippen LogP contribution in [0, 0.1) is 13.8 Å². The second-order valence-corrected chi connectivity index (χ2v) is 5.59. The van der Waals surface area contributed by atoms with E-state index in [4.69, 9.17) is 10.5 Å². The molecular weight excluding hydrogens is 246 g/mol. The summed E-state index contributed by atoms with van der Waals surface area (Å²) >= 11 is 0. The number of benzene rings is 2. The van der Waals surface area contributed by atoms with E-state index in [1.165, 1.54) is 16.7 Å². The Bertz CT molecular complexity index is 602. The molecule has 0 atom stereocenters. The summed E-state index contributed by atoms with van der Waals surface area (Å²) < 4.78 is 6.02. The molecule has 20 heavy (non-hydrogen) atoms. The summed E-state index contributed by atoms with van der Waals surface area (Å²) in [5, 5.41) is 0. The summed E-state index contributed by atoms with van der Waals surface area (Å²) in [4.78, 5) is 0. The molecule has 0 amide bonds. The molecule has 2 nitrogen and oxygen atoms in total. The van der Waals surface area contributed by atoms with Crippen LogP contribution >= 0.6 is 0 Å². The summed E-state index contributed by atoms with van der Waals surface area (Å²) in [6, 6.07) is 12.4. The number of hydrogen-bond acceptors (Lipinski definition) is 2. The number of nitrogens with two attached hydrogens (primary N) is 1. The first-order valence-corrected chi connectivity index (χ1v) is 7.09. The highest BCUT2D eigenvalue weighted by Crippen LogP contribution is 2.29. The second kappa shape index (κ2) is 6.10. The minimum Gasteiger partial charge on any atom is -0.457 e. The van der Waals surface area contributed by atoms with Crippen LogP contribution in [0.25, 0.3) is 0 Å². The van der Waals surface area contributed by atoms with Crippen molar-refractivity contribution in [3.8, 4) is 11.5 Å². The van der Waals surface area contributed by atoms with Crippen LogP contribution in [0.2, 0.25) is 0 Å². The van der Waals surface area contributed by atoms with Crippen LogP contribution in [0.1, 0.15) is 42.0 Å². The highest BCUT2D eigenvalue weighted by molar-refractivity contribution is 5.43. The van der Waals surface area contributed by atoms with Gasteiger partial charge in [-0.05, 0) is 54.7 Å². The molecule has 0 aliphatic rings. The third-order valence-electron chi connectivity index (χ3n) is 3.53. The molecule has 2 rings (SSSR count). The van der Waals surface area contributed by atoms with Crippen LogP contribution in [0.4, 0.5) is 0 Å². The van der Waals surface area contributed by atoms with Crippen LogP contribution in [-0.4, -0.2) is 0 Å². The molecule has 0 saturated carbocycles. The first-order chi connectivity index (χ1) is 9.51. The molecule has 2 aromatic rings. The van der Waals surface area contributed by atoms with Gasteiger partial charge in [-0.15, -0.1) is 0 Å². The second-order valence-electron chi connectivity index (χ2n) is 5.59. The molecule has 2 aromatic carbocycles. The molecule has 2 heteroatoms. The molecule has 0 spiro atoms. The number of aryl methyl sites for hydroxylation is 2. The standard InChI is InChI=1S/C18H23NO/c1-12(2)17-8-7-16(10-14(17)4)20-18-9-13(3)5-6-15(18)11-19/h5-10,12H,11,19H2,1-4H3. The van der Waals surface area contributed by atoms with Crippen molar-refractivity contribution in [3.05, 3.63) is 58.7 Å². The first kappa shape index (κ1) is 14.6. The fourth-order valence-corrected chi connectivity index (χ4v) is 2.41. The van der Waals surface area contributed by atoms with Gasteiger partial charge in [0, 0.05) is 12.1 Å². The van der Waals surface area contributed by atoms with E-state index < -0.39 is 0 Å². The Morgan fingerprint density at radius 2 is 1.80 bits per heavy atom. The van der Waals surface area contributed by atoms with Gasteiger partial charge in [0.15, 0.2) is 0 Å². The maximum absolute atomic E-state index is 6.02. The van der Waals surface area contributed by atoms with Crippen LogP contribution in [0.5, 0.6) is 11.5 Å². The Morgan fingerprint density at radius 1 is 1.05 bits per heavy atom. The molecule has 2 N–H and O–H groups in total.